The number of pyridine rings is 1. The maximum absolute atomic E-state index is 9.36. The molecule has 1 aromatic carbocycles. The Kier molecular flexibility index (Phi) is 4.62. The number of ether oxygens (including phenoxy) is 1. The lowest BCUT2D eigenvalue weighted by atomic mass is 10.0. The monoisotopic (exact) mass is 304 g/mol. The highest BCUT2D eigenvalue weighted by Crippen LogP contribution is 2.33. The number of hydrogen-bond donors (Lipinski definition) is 0. The number of aromatic nitrogens is 1. The van der Waals surface area contributed by atoms with Crippen LogP contribution < -0.4 is 4.74 Å². The minimum absolute atomic E-state index is 0.354. The van der Waals surface area contributed by atoms with Crippen LogP contribution in [0.1, 0.15) is 11.1 Å². The molecule has 0 aliphatic rings. The molecule has 0 spiro atoms. The first kappa shape index (κ1) is 14.4. The van der Waals surface area contributed by atoms with Gasteiger partial charge in [-0.15, -0.1) is 0 Å². The smallest absolute Gasteiger partial charge is 0.138 e. The highest BCUT2D eigenvalue weighted by Gasteiger charge is 2.11. The molecule has 0 saturated heterocycles. The number of rotatable bonds is 3. The first-order valence-corrected chi connectivity index (χ1v) is 6.47. The van der Waals surface area contributed by atoms with Crippen LogP contribution in [0.2, 0.25) is 5.02 Å². The second-order valence-corrected chi connectivity index (χ2v) is 4.67. The predicted molar refractivity (Wildman–Crippen MR) is 80.5 cm³/mol. The molecule has 0 N–H and O–H groups in total. The predicted octanol–water partition coefficient (Wildman–Crippen LogP) is 4.37. The molecular weight excluding hydrogens is 295 g/mol. The van der Waals surface area contributed by atoms with Gasteiger partial charge in [-0.25, -0.2) is 0 Å². The summed E-state index contributed by atoms with van der Waals surface area (Å²) < 4.78 is 5.15. The van der Waals surface area contributed by atoms with Crippen LogP contribution in [0.15, 0.2) is 42.7 Å². The zero-order chi connectivity index (χ0) is 14.5. The lowest BCUT2D eigenvalue weighted by Gasteiger charge is -2.08. The summed E-state index contributed by atoms with van der Waals surface area (Å²) in [6.45, 7) is 0. The molecule has 1 heterocycles. The van der Waals surface area contributed by atoms with Gasteiger partial charge in [0.25, 0.3) is 0 Å². The largest absolute Gasteiger partial charge is 0.495 e. The lowest BCUT2D eigenvalue weighted by molar-refractivity contribution is 0.415. The fourth-order valence-corrected chi connectivity index (χ4v) is 2.17. The molecule has 5 heteroatoms. The number of nitriles is 1. The molecule has 0 fully saturated rings. The maximum Gasteiger partial charge on any atom is 0.138 e. The van der Waals surface area contributed by atoms with Gasteiger partial charge in [-0.3, -0.25) is 4.98 Å². The van der Waals surface area contributed by atoms with Gasteiger partial charge in [-0.2, -0.15) is 5.26 Å². The van der Waals surface area contributed by atoms with E-state index in [-0.39, 0.29) is 0 Å². The molecule has 0 unspecified atom stereocenters. The molecule has 0 bridgehead atoms. The number of benzene rings is 1. The zero-order valence-corrected chi connectivity index (χ0v) is 12.1. The van der Waals surface area contributed by atoms with Crippen LogP contribution >= 0.6 is 23.2 Å². The van der Waals surface area contributed by atoms with E-state index in [2.05, 4.69) is 11.1 Å². The van der Waals surface area contributed by atoms with Crippen molar-refractivity contribution in [2.24, 2.45) is 0 Å². The van der Waals surface area contributed by atoms with E-state index in [4.69, 9.17) is 27.9 Å². The molecular formula is C15H10Cl2N2O. The summed E-state index contributed by atoms with van der Waals surface area (Å²) >= 11 is 12.3. The SMILES string of the molecule is COc1cc(/C(C#N)=C(\Cl)c2ccncc2)ccc1Cl. The number of allylic oxidation sites excluding steroid dienone is 1. The summed E-state index contributed by atoms with van der Waals surface area (Å²) in [4.78, 5) is 3.92. The van der Waals surface area contributed by atoms with E-state index in [1.807, 2.05) is 0 Å². The summed E-state index contributed by atoms with van der Waals surface area (Å²) in [6.07, 6.45) is 3.24. The van der Waals surface area contributed by atoms with Crippen LogP contribution in [-0.2, 0) is 0 Å². The van der Waals surface area contributed by atoms with Gasteiger partial charge < -0.3 is 4.74 Å². The van der Waals surface area contributed by atoms with Crippen LogP contribution in [0.3, 0.4) is 0 Å². The van der Waals surface area contributed by atoms with Crippen molar-refractivity contribution in [3.05, 3.63) is 58.9 Å². The van der Waals surface area contributed by atoms with Gasteiger partial charge in [0.05, 0.1) is 22.7 Å². The van der Waals surface area contributed by atoms with Crippen LogP contribution in [0.4, 0.5) is 0 Å². The first-order valence-electron chi connectivity index (χ1n) is 5.71. The van der Waals surface area contributed by atoms with Gasteiger partial charge in [-0.1, -0.05) is 29.3 Å². The average molecular weight is 305 g/mol. The van der Waals surface area contributed by atoms with Crippen molar-refractivity contribution in [3.63, 3.8) is 0 Å². The second-order valence-electron chi connectivity index (χ2n) is 3.89. The molecule has 0 radical (unpaired) electrons. The van der Waals surface area contributed by atoms with E-state index >= 15 is 0 Å². The molecule has 1 aromatic heterocycles. The van der Waals surface area contributed by atoms with Crippen molar-refractivity contribution >= 4 is 33.8 Å². The van der Waals surface area contributed by atoms with Crippen molar-refractivity contribution in [2.75, 3.05) is 7.11 Å². The Balaban J connectivity index is 2.56. The summed E-state index contributed by atoms with van der Waals surface area (Å²) in [5.74, 6) is 0.496. The maximum atomic E-state index is 9.36. The van der Waals surface area contributed by atoms with Crippen LogP contribution in [0.5, 0.6) is 5.75 Å². The van der Waals surface area contributed by atoms with E-state index in [1.165, 1.54) is 7.11 Å². The van der Waals surface area contributed by atoms with E-state index < -0.39 is 0 Å². The molecule has 2 aromatic rings. The first-order chi connectivity index (χ1) is 9.67. The van der Waals surface area contributed by atoms with Crippen molar-refractivity contribution in [1.82, 2.24) is 4.98 Å². The Labute approximate surface area is 127 Å². The summed E-state index contributed by atoms with van der Waals surface area (Å²) in [7, 11) is 1.52. The molecule has 3 nitrogen and oxygen atoms in total. The Morgan fingerprint density at radius 1 is 1.20 bits per heavy atom. The van der Waals surface area contributed by atoms with Gasteiger partial charge in [-0.05, 0) is 35.4 Å². The molecule has 20 heavy (non-hydrogen) atoms. The Morgan fingerprint density at radius 3 is 2.50 bits per heavy atom. The van der Waals surface area contributed by atoms with Crippen molar-refractivity contribution in [1.29, 1.82) is 5.26 Å². The number of nitrogens with zero attached hydrogens (tertiary/aromatic N) is 2. The van der Waals surface area contributed by atoms with Crippen molar-refractivity contribution in [2.45, 2.75) is 0 Å². The minimum atomic E-state index is 0.354. The number of hydrogen-bond acceptors (Lipinski definition) is 3. The summed E-state index contributed by atoms with van der Waals surface area (Å²) in [5.41, 5.74) is 1.73. The van der Waals surface area contributed by atoms with Gasteiger partial charge in [0, 0.05) is 12.4 Å². The van der Waals surface area contributed by atoms with E-state index in [1.54, 1.807) is 42.7 Å². The van der Waals surface area contributed by atoms with Crippen molar-refractivity contribution < 1.29 is 4.74 Å². The van der Waals surface area contributed by atoms with E-state index in [0.29, 0.717) is 26.9 Å². The van der Waals surface area contributed by atoms with Gasteiger partial charge >= 0.3 is 0 Å². The quantitative estimate of drug-likeness (QED) is 0.791. The molecule has 0 aliphatic heterocycles. The van der Waals surface area contributed by atoms with Gasteiger partial charge in [0.15, 0.2) is 0 Å². The number of methoxy groups -OCH3 is 1. The standard InChI is InChI=1S/C15H10Cl2N2O/c1-20-14-8-11(2-3-13(14)16)12(9-18)15(17)10-4-6-19-7-5-10/h2-8H,1H3/b15-12-. The summed E-state index contributed by atoms with van der Waals surface area (Å²) in [6, 6.07) is 10.7. The second kappa shape index (κ2) is 6.42. The number of halogens is 2. The molecule has 0 saturated carbocycles. The van der Waals surface area contributed by atoms with Crippen molar-refractivity contribution in [3.8, 4) is 11.8 Å². The Bertz CT molecular complexity index is 691. The molecule has 0 amide bonds. The molecule has 100 valence electrons. The van der Waals surface area contributed by atoms with Gasteiger partial charge in [0.1, 0.15) is 11.8 Å². The molecule has 2 rings (SSSR count). The minimum Gasteiger partial charge on any atom is -0.495 e. The molecule has 0 atom stereocenters. The zero-order valence-electron chi connectivity index (χ0n) is 10.6. The highest BCUT2D eigenvalue weighted by molar-refractivity contribution is 6.53. The van der Waals surface area contributed by atoms with Crippen LogP contribution in [0.25, 0.3) is 10.6 Å². The van der Waals surface area contributed by atoms with Gasteiger partial charge in [0.2, 0.25) is 0 Å². The fraction of sp³-hybridized carbons (Fsp3) is 0.0667. The topological polar surface area (TPSA) is 45.9 Å². The van der Waals surface area contributed by atoms with Crippen LogP contribution in [0, 0.1) is 11.3 Å². The third-order valence-corrected chi connectivity index (χ3v) is 3.42. The lowest BCUT2D eigenvalue weighted by Crippen LogP contribution is -1.90. The highest BCUT2D eigenvalue weighted by atomic mass is 35.5. The van der Waals surface area contributed by atoms with Crippen LogP contribution in [-0.4, -0.2) is 12.1 Å². The average Bonchev–Trinajstić information content (AvgIpc) is 2.50. The fourth-order valence-electron chi connectivity index (χ4n) is 1.70. The molecule has 0 aliphatic carbocycles. The Morgan fingerprint density at radius 2 is 1.90 bits per heavy atom. The third kappa shape index (κ3) is 2.93. The van der Waals surface area contributed by atoms with E-state index in [0.717, 1.165) is 5.56 Å². The summed E-state index contributed by atoms with van der Waals surface area (Å²) in [5, 5.41) is 10.2. The van der Waals surface area contributed by atoms with E-state index in [9.17, 15) is 5.26 Å². The normalized spacial score (nSPS) is 11.5. The third-order valence-electron chi connectivity index (χ3n) is 2.70. The Hall–Kier alpha value is -2.02.